The predicted octanol–water partition coefficient (Wildman–Crippen LogP) is 3.95. The molecule has 6 heteroatoms. The van der Waals surface area contributed by atoms with E-state index in [2.05, 4.69) is 21.4 Å². The number of furan rings is 1. The summed E-state index contributed by atoms with van der Waals surface area (Å²) in [7, 11) is 0. The van der Waals surface area contributed by atoms with Crippen LogP contribution >= 0.6 is 27.3 Å². The lowest BCUT2D eigenvalue weighted by molar-refractivity contribution is 0.481. The van der Waals surface area contributed by atoms with Gasteiger partial charge in [-0.3, -0.25) is 5.84 Å². The number of halogens is 2. The van der Waals surface area contributed by atoms with Gasteiger partial charge >= 0.3 is 0 Å². The van der Waals surface area contributed by atoms with Crippen LogP contribution in [0, 0.1) is 5.82 Å². The highest BCUT2D eigenvalue weighted by atomic mass is 79.9. The highest BCUT2D eigenvalue weighted by Gasteiger charge is 2.19. The lowest BCUT2D eigenvalue weighted by Crippen LogP contribution is -2.27. The molecule has 3 rings (SSSR count). The van der Waals surface area contributed by atoms with E-state index in [1.165, 1.54) is 12.1 Å². The maximum Gasteiger partial charge on any atom is 0.134 e. The largest absolute Gasteiger partial charge is 0.459 e. The number of hydrazine groups is 1. The summed E-state index contributed by atoms with van der Waals surface area (Å²) < 4.78 is 19.9. The van der Waals surface area contributed by atoms with Gasteiger partial charge in [0.1, 0.15) is 23.2 Å². The highest BCUT2D eigenvalue weighted by Crippen LogP contribution is 2.32. The molecule has 0 fully saturated rings. The molecule has 3 N–H and O–H groups in total. The van der Waals surface area contributed by atoms with Crippen LogP contribution in [0.5, 0.6) is 0 Å². The third kappa shape index (κ3) is 2.44. The van der Waals surface area contributed by atoms with Crippen molar-refractivity contribution in [3.05, 3.63) is 56.6 Å². The standard InChI is InChI=1S/C13H10BrFN2OS/c14-8-5-12(19-6-8)13(17-16)11-4-7-3-9(15)1-2-10(7)18-11/h1-6,13,17H,16H2. The average molecular weight is 341 g/mol. The first-order valence-corrected chi connectivity index (χ1v) is 7.23. The SMILES string of the molecule is NNC(c1cc2cc(F)ccc2o1)c1cc(Br)cs1. The van der Waals surface area contributed by atoms with Gasteiger partial charge in [-0.2, -0.15) is 0 Å². The van der Waals surface area contributed by atoms with Crippen LogP contribution in [-0.4, -0.2) is 0 Å². The first-order chi connectivity index (χ1) is 9.17. The molecule has 2 aromatic heterocycles. The van der Waals surface area contributed by atoms with E-state index in [1.807, 2.05) is 11.4 Å². The zero-order valence-electron chi connectivity index (χ0n) is 9.69. The summed E-state index contributed by atoms with van der Waals surface area (Å²) in [6.07, 6.45) is 0. The van der Waals surface area contributed by atoms with Crippen molar-refractivity contribution in [2.24, 2.45) is 5.84 Å². The Labute approximate surface area is 121 Å². The number of nitrogens with one attached hydrogen (secondary N) is 1. The van der Waals surface area contributed by atoms with Gasteiger partial charge in [-0.15, -0.1) is 11.3 Å². The molecule has 0 bridgehead atoms. The summed E-state index contributed by atoms with van der Waals surface area (Å²) in [6.45, 7) is 0. The van der Waals surface area contributed by atoms with Crippen molar-refractivity contribution in [3.63, 3.8) is 0 Å². The van der Waals surface area contributed by atoms with Gasteiger partial charge < -0.3 is 4.42 Å². The molecule has 0 aliphatic carbocycles. The molecule has 1 aromatic carbocycles. The van der Waals surface area contributed by atoms with Crippen molar-refractivity contribution in [2.45, 2.75) is 6.04 Å². The van der Waals surface area contributed by atoms with Crippen LogP contribution in [0.4, 0.5) is 4.39 Å². The Morgan fingerprint density at radius 2 is 2.16 bits per heavy atom. The quantitative estimate of drug-likeness (QED) is 0.560. The van der Waals surface area contributed by atoms with Crippen molar-refractivity contribution < 1.29 is 8.81 Å². The fourth-order valence-corrected chi connectivity index (χ4v) is 3.47. The van der Waals surface area contributed by atoms with E-state index >= 15 is 0 Å². The summed E-state index contributed by atoms with van der Waals surface area (Å²) in [4.78, 5) is 1.02. The fourth-order valence-electron chi connectivity index (χ4n) is 1.96. The maximum atomic E-state index is 13.2. The maximum absolute atomic E-state index is 13.2. The van der Waals surface area contributed by atoms with Crippen LogP contribution in [0.15, 0.2) is 44.6 Å². The molecule has 3 aromatic rings. The molecule has 1 atom stereocenters. The van der Waals surface area contributed by atoms with Crippen LogP contribution in [0.3, 0.4) is 0 Å². The van der Waals surface area contributed by atoms with E-state index in [4.69, 9.17) is 10.3 Å². The topological polar surface area (TPSA) is 51.2 Å². The Morgan fingerprint density at radius 3 is 2.84 bits per heavy atom. The Bertz CT molecular complexity index is 724. The van der Waals surface area contributed by atoms with Gasteiger partial charge in [0.2, 0.25) is 0 Å². The summed E-state index contributed by atoms with van der Waals surface area (Å²) in [5, 5.41) is 2.70. The molecular weight excluding hydrogens is 331 g/mol. The average Bonchev–Trinajstić information content (AvgIpc) is 2.96. The zero-order valence-corrected chi connectivity index (χ0v) is 12.1. The fraction of sp³-hybridized carbons (Fsp3) is 0.0769. The van der Waals surface area contributed by atoms with Gasteiger partial charge in [0.05, 0.1) is 0 Å². The van der Waals surface area contributed by atoms with Crippen molar-refractivity contribution in [2.75, 3.05) is 0 Å². The zero-order chi connectivity index (χ0) is 13.4. The molecule has 98 valence electrons. The molecule has 0 amide bonds. The molecule has 3 nitrogen and oxygen atoms in total. The molecule has 1 unspecified atom stereocenters. The van der Waals surface area contributed by atoms with Crippen LogP contribution in [-0.2, 0) is 0 Å². The minimum Gasteiger partial charge on any atom is -0.459 e. The van der Waals surface area contributed by atoms with Crippen LogP contribution < -0.4 is 11.3 Å². The summed E-state index contributed by atoms with van der Waals surface area (Å²) >= 11 is 4.97. The van der Waals surface area contributed by atoms with Gasteiger partial charge in [0, 0.05) is 20.1 Å². The molecule has 2 heterocycles. The molecule has 19 heavy (non-hydrogen) atoms. The first-order valence-electron chi connectivity index (χ1n) is 5.56. The Kier molecular flexibility index (Phi) is 3.40. The van der Waals surface area contributed by atoms with Gasteiger partial charge in [0.25, 0.3) is 0 Å². The normalized spacial score (nSPS) is 13.0. The molecular formula is C13H10BrFN2OS. The van der Waals surface area contributed by atoms with Gasteiger partial charge in [0.15, 0.2) is 0 Å². The van der Waals surface area contributed by atoms with Crippen LogP contribution in [0.25, 0.3) is 11.0 Å². The number of benzene rings is 1. The molecule has 0 radical (unpaired) electrons. The summed E-state index contributed by atoms with van der Waals surface area (Å²) in [6, 6.07) is 7.97. The van der Waals surface area contributed by atoms with Gasteiger partial charge in [-0.1, -0.05) is 0 Å². The van der Waals surface area contributed by atoms with Crippen molar-refractivity contribution in [3.8, 4) is 0 Å². The lowest BCUT2D eigenvalue weighted by Gasteiger charge is -2.10. The smallest absolute Gasteiger partial charge is 0.134 e. The lowest BCUT2D eigenvalue weighted by atomic mass is 10.2. The van der Waals surface area contributed by atoms with Gasteiger partial charge in [-0.05, 0) is 46.3 Å². The third-order valence-corrected chi connectivity index (χ3v) is 4.58. The molecule has 0 saturated carbocycles. The number of hydrogen-bond acceptors (Lipinski definition) is 4. The van der Waals surface area contributed by atoms with Crippen molar-refractivity contribution in [1.82, 2.24) is 5.43 Å². The van der Waals surface area contributed by atoms with E-state index in [1.54, 1.807) is 23.5 Å². The van der Waals surface area contributed by atoms with E-state index in [-0.39, 0.29) is 11.9 Å². The van der Waals surface area contributed by atoms with Gasteiger partial charge in [-0.25, -0.2) is 9.82 Å². The number of rotatable bonds is 3. The minimum absolute atomic E-state index is 0.244. The molecule has 0 spiro atoms. The second-order valence-electron chi connectivity index (χ2n) is 4.10. The van der Waals surface area contributed by atoms with Crippen molar-refractivity contribution >= 4 is 38.2 Å². The highest BCUT2D eigenvalue weighted by molar-refractivity contribution is 9.10. The molecule has 0 aliphatic heterocycles. The van der Waals surface area contributed by atoms with Crippen LogP contribution in [0.2, 0.25) is 0 Å². The number of hydrogen-bond donors (Lipinski definition) is 2. The number of thiophene rings is 1. The predicted molar refractivity (Wildman–Crippen MR) is 77.4 cm³/mol. The van der Waals surface area contributed by atoms with Crippen LogP contribution in [0.1, 0.15) is 16.7 Å². The monoisotopic (exact) mass is 340 g/mol. The Morgan fingerprint density at radius 1 is 1.32 bits per heavy atom. The first kappa shape index (κ1) is 12.8. The van der Waals surface area contributed by atoms with E-state index in [0.717, 1.165) is 14.7 Å². The molecule has 0 aliphatic rings. The Balaban J connectivity index is 2.06. The second-order valence-corrected chi connectivity index (χ2v) is 5.96. The number of fused-ring (bicyclic) bond motifs is 1. The summed E-state index contributed by atoms with van der Waals surface area (Å²) in [5.74, 6) is 5.99. The minimum atomic E-state index is -0.282. The summed E-state index contributed by atoms with van der Waals surface area (Å²) in [5.41, 5.74) is 3.37. The second kappa shape index (κ2) is 5.05. The molecule has 0 saturated heterocycles. The third-order valence-electron chi connectivity index (χ3n) is 2.82. The van der Waals surface area contributed by atoms with E-state index < -0.39 is 0 Å². The van der Waals surface area contributed by atoms with E-state index in [9.17, 15) is 4.39 Å². The Hall–Kier alpha value is -1.21. The number of nitrogens with two attached hydrogens (primary N) is 1. The van der Waals surface area contributed by atoms with E-state index in [0.29, 0.717) is 11.3 Å². The van der Waals surface area contributed by atoms with Crippen molar-refractivity contribution in [1.29, 1.82) is 0 Å².